The van der Waals surface area contributed by atoms with Crippen LogP contribution >= 0.6 is 0 Å². The number of hydrogen-bond acceptors (Lipinski definition) is 6. The molecule has 29 heavy (non-hydrogen) atoms. The summed E-state index contributed by atoms with van der Waals surface area (Å²) in [6.45, 7) is 2.09. The van der Waals surface area contributed by atoms with Gasteiger partial charge in [0.15, 0.2) is 11.5 Å². The van der Waals surface area contributed by atoms with Crippen LogP contribution in [0, 0.1) is 0 Å². The largest absolute Gasteiger partial charge is 0.335 e. The third-order valence-electron chi connectivity index (χ3n) is 5.79. The van der Waals surface area contributed by atoms with Crippen molar-refractivity contribution in [1.29, 1.82) is 0 Å². The lowest BCUT2D eigenvalue weighted by atomic mass is 10.1. The summed E-state index contributed by atoms with van der Waals surface area (Å²) in [4.78, 5) is 9.19. The van der Waals surface area contributed by atoms with Crippen LogP contribution in [0.25, 0.3) is 16.9 Å². The van der Waals surface area contributed by atoms with Crippen molar-refractivity contribution in [2.45, 2.75) is 37.8 Å². The molecule has 9 heteroatoms. The van der Waals surface area contributed by atoms with Gasteiger partial charge in [-0.15, -0.1) is 0 Å². The smallest absolute Gasteiger partial charge is 0.180 e. The van der Waals surface area contributed by atoms with E-state index in [1.54, 1.807) is 6.20 Å². The molecule has 9 nitrogen and oxygen atoms in total. The van der Waals surface area contributed by atoms with Gasteiger partial charge in [0.1, 0.15) is 0 Å². The van der Waals surface area contributed by atoms with E-state index in [1.807, 2.05) is 24.8 Å². The fraction of sp³-hybridized carbons (Fsp3) is 0.400. The second kappa shape index (κ2) is 6.70. The molecule has 0 amide bonds. The molecule has 2 aliphatic rings. The Kier molecular flexibility index (Phi) is 3.86. The van der Waals surface area contributed by atoms with Gasteiger partial charge in [-0.3, -0.25) is 13.8 Å². The van der Waals surface area contributed by atoms with Crippen LogP contribution < -0.4 is 10.6 Å². The zero-order valence-electron chi connectivity index (χ0n) is 16.1. The minimum absolute atomic E-state index is 0.455. The monoisotopic (exact) mass is 389 g/mol. The Bertz CT molecular complexity index is 1140. The van der Waals surface area contributed by atoms with Crippen molar-refractivity contribution in [3.8, 4) is 11.3 Å². The van der Waals surface area contributed by atoms with Crippen molar-refractivity contribution in [1.82, 2.24) is 39.2 Å². The van der Waals surface area contributed by atoms with E-state index in [4.69, 9.17) is 0 Å². The lowest BCUT2D eigenvalue weighted by Crippen LogP contribution is -2.29. The molecule has 0 unspecified atom stereocenters. The molecule has 0 atom stereocenters. The highest BCUT2D eigenvalue weighted by molar-refractivity contribution is 5.73. The molecule has 1 aliphatic carbocycles. The van der Waals surface area contributed by atoms with Crippen molar-refractivity contribution < 1.29 is 0 Å². The Balaban J connectivity index is 1.29. The highest BCUT2D eigenvalue weighted by Gasteiger charge is 2.25. The van der Waals surface area contributed by atoms with Crippen LogP contribution in [0.5, 0.6) is 0 Å². The van der Waals surface area contributed by atoms with Gasteiger partial charge in [-0.25, -0.2) is 9.97 Å². The predicted molar refractivity (Wildman–Crippen MR) is 109 cm³/mol. The molecule has 6 rings (SSSR count). The maximum atomic E-state index is 4.66. The average molecular weight is 389 g/mol. The van der Waals surface area contributed by atoms with Gasteiger partial charge in [-0.2, -0.15) is 10.2 Å². The third-order valence-corrected chi connectivity index (χ3v) is 5.79. The summed E-state index contributed by atoms with van der Waals surface area (Å²) in [6, 6.07) is 1.02. The molecule has 4 aromatic rings. The second-order valence-electron chi connectivity index (χ2n) is 7.87. The summed E-state index contributed by atoms with van der Waals surface area (Å²) in [5, 5.41) is 15.8. The van der Waals surface area contributed by atoms with Gasteiger partial charge in [0.05, 0.1) is 42.1 Å². The lowest BCUT2D eigenvalue weighted by Gasteiger charge is -2.22. The average Bonchev–Trinajstić information content (AvgIpc) is 3.16. The zero-order valence-corrected chi connectivity index (χ0v) is 16.1. The van der Waals surface area contributed by atoms with Crippen LogP contribution in [0.1, 0.15) is 37.8 Å². The summed E-state index contributed by atoms with van der Waals surface area (Å²) in [7, 11) is 0. The first-order valence-electron chi connectivity index (χ1n) is 10.2. The molecule has 2 fully saturated rings. The molecule has 1 aliphatic heterocycles. The standard InChI is InChI=1S/C20H23N9/c1-2-16(1)28-12-14(9-24-28)18-11-23-19(20-22-7-8-27(18)20)26-15-10-25-29(13-15)17-3-5-21-6-4-17/h7-13,16-17,21H,1-6H2,(H,23,26). The van der Waals surface area contributed by atoms with Crippen molar-refractivity contribution >= 4 is 17.2 Å². The third kappa shape index (κ3) is 3.07. The minimum atomic E-state index is 0.455. The normalized spacial score (nSPS) is 17.8. The van der Waals surface area contributed by atoms with Crippen molar-refractivity contribution in [3.63, 3.8) is 0 Å². The fourth-order valence-electron chi connectivity index (χ4n) is 4.04. The zero-order chi connectivity index (χ0) is 19.2. The molecule has 5 heterocycles. The number of aromatic nitrogens is 7. The molecule has 4 aromatic heterocycles. The van der Waals surface area contributed by atoms with Crippen molar-refractivity contribution in [2.24, 2.45) is 0 Å². The van der Waals surface area contributed by atoms with E-state index in [0.717, 1.165) is 54.3 Å². The van der Waals surface area contributed by atoms with Crippen LogP contribution in [-0.2, 0) is 0 Å². The summed E-state index contributed by atoms with van der Waals surface area (Å²) in [5.41, 5.74) is 3.75. The summed E-state index contributed by atoms with van der Waals surface area (Å²) >= 11 is 0. The number of hydrogen-bond donors (Lipinski definition) is 2. The number of imidazole rings is 1. The first kappa shape index (κ1) is 16.7. The first-order valence-corrected chi connectivity index (χ1v) is 10.2. The molecule has 0 radical (unpaired) electrons. The predicted octanol–water partition coefficient (Wildman–Crippen LogP) is 2.79. The topological polar surface area (TPSA) is 89.9 Å². The number of rotatable bonds is 5. The molecule has 1 saturated heterocycles. The van der Waals surface area contributed by atoms with Crippen LogP contribution in [0.2, 0.25) is 0 Å². The van der Waals surface area contributed by atoms with Gasteiger partial charge in [0, 0.05) is 30.4 Å². The number of fused-ring (bicyclic) bond motifs is 1. The van der Waals surface area contributed by atoms with E-state index in [9.17, 15) is 0 Å². The van der Waals surface area contributed by atoms with Crippen LogP contribution in [0.3, 0.4) is 0 Å². The van der Waals surface area contributed by atoms with E-state index >= 15 is 0 Å². The summed E-state index contributed by atoms with van der Waals surface area (Å²) in [5.74, 6) is 0.721. The molecular formula is C20H23N9. The second-order valence-corrected chi connectivity index (χ2v) is 7.87. The first-order chi connectivity index (χ1) is 14.3. The highest BCUT2D eigenvalue weighted by Crippen LogP contribution is 2.35. The lowest BCUT2D eigenvalue weighted by molar-refractivity contribution is 0.343. The van der Waals surface area contributed by atoms with Gasteiger partial charge in [-0.05, 0) is 38.8 Å². The van der Waals surface area contributed by atoms with Gasteiger partial charge in [0.2, 0.25) is 0 Å². The Labute approximate surface area is 167 Å². The molecular weight excluding hydrogens is 366 g/mol. The molecule has 0 spiro atoms. The van der Waals surface area contributed by atoms with E-state index in [0.29, 0.717) is 12.1 Å². The Hall–Kier alpha value is -3.20. The van der Waals surface area contributed by atoms with Gasteiger partial charge >= 0.3 is 0 Å². The van der Waals surface area contributed by atoms with E-state index in [2.05, 4.69) is 57.0 Å². The SMILES string of the molecule is c1cn2c(-c3cnn(C4CC4)c3)cnc(Nc3cnn(C4CCNCC4)c3)c2n1. The van der Waals surface area contributed by atoms with Crippen LogP contribution in [0.4, 0.5) is 11.5 Å². The highest BCUT2D eigenvalue weighted by atomic mass is 15.3. The summed E-state index contributed by atoms with van der Waals surface area (Å²) in [6.07, 6.45) is 18.2. The number of nitrogens with one attached hydrogen (secondary N) is 2. The molecule has 0 aromatic carbocycles. The Morgan fingerprint density at radius 3 is 2.55 bits per heavy atom. The number of piperidine rings is 1. The van der Waals surface area contributed by atoms with E-state index < -0.39 is 0 Å². The van der Waals surface area contributed by atoms with Gasteiger partial charge in [0.25, 0.3) is 0 Å². The van der Waals surface area contributed by atoms with Crippen LogP contribution in [-0.4, -0.2) is 47.0 Å². The Morgan fingerprint density at radius 2 is 1.69 bits per heavy atom. The van der Waals surface area contributed by atoms with E-state index in [-0.39, 0.29) is 0 Å². The van der Waals surface area contributed by atoms with Crippen molar-refractivity contribution in [3.05, 3.63) is 43.4 Å². The Morgan fingerprint density at radius 1 is 0.897 bits per heavy atom. The quantitative estimate of drug-likeness (QED) is 0.546. The number of nitrogens with zero attached hydrogens (tertiary/aromatic N) is 7. The molecule has 148 valence electrons. The molecule has 1 saturated carbocycles. The molecule has 2 N–H and O–H groups in total. The fourth-order valence-corrected chi connectivity index (χ4v) is 4.04. The van der Waals surface area contributed by atoms with E-state index in [1.165, 1.54) is 12.8 Å². The summed E-state index contributed by atoms with van der Waals surface area (Å²) < 4.78 is 6.17. The van der Waals surface area contributed by atoms with Crippen molar-refractivity contribution in [2.75, 3.05) is 18.4 Å². The number of anilines is 2. The molecule has 0 bridgehead atoms. The minimum Gasteiger partial charge on any atom is -0.335 e. The van der Waals surface area contributed by atoms with Crippen LogP contribution in [0.15, 0.2) is 43.4 Å². The maximum absolute atomic E-state index is 4.66. The van der Waals surface area contributed by atoms with Gasteiger partial charge < -0.3 is 10.6 Å². The maximum Gasteiger partial charge on any atom is 0.180 e. The van der Waals surface area contributed by atoms with Gasteiger partial charge in [-0.1, -0.05) is 0 Å².